The van der Waals surface area contributed by atoms with E-state index in [2.05, 4.69) is 32.6 Å². The summed E-state index contributed by atoms with van der Waals surface area (Å²) in [6.45, 7) is 8.85. The third-order valence-electron chi connectivity index (χ3n) is 3.72. The molecule has 0 saturated carbocycles. The zero-order valence-corrected chi connectivity index (χ0v) is 18.7. The van der Waals surface area contributed by atoms with Gasteiger partial charge in [-0.2, -0.15) is 0 Å². The van der Waals surface area contributed by atoms with Gasteiger partial charge < -0.3 is 30.7 Å². The summed E-state index contributed by atoms with van der Waals surface area (Å²) in [5.74, 6) is -2.38. The number of anilines is 3. The van der Waals surface area contributed by atoms with Crippen LogP contribution in [0.25, 0.3) is 0 Å². The highest BCUT2D eigenvalue weighted by molar-refractivity contribution is 6.04. The third-order valence-corrected chi connectivity index (χ3v) is 3.72. The van der Waals surface area contributed by atoms with Gasteiger partial charge in [-0.05, 0) is 39.0 Å². The van der Waals surface area contributed by atoms with Crippen molar-refractivity contribution in [1.82, 2.24) is 5.32 Å². The summed E-state index contributed by atoms with van der Waals surface area (Å²) in [4.78, 5) is 54.4. The molecule has 4 N–H and O–H groups in total. The number of carbonyl (C=O) groups excluding carboxylic acids is 5. The van der Waals surface area contributed by atoms with Crippen LogP contribution < -0.4 is 21.3 Å². The summed E-state index contributed by atoms with van der Waals surface area (Å²) >= 11 is 0. The lowest BCUT2D eigenvalue weighted by atomic mass is 10.1. The van der Waals surface area contributed by atoms with E-state index in [1.54, 1.807) is 39.1 Å². The molecule has 1 aromatic carbocycles. The van der Waals surface area contributed by atoms with Crippen molar-refractivity contribution >= 4 is 47.7 Å². The Morgan fingerprint density at radius 2 is 1.81 bits per heavy atom. The number of rotatable bonds is 12. The standard InChI is InChI=1S/C14H19N3O4.C7H11NO3/c1-4-21-14(20)9(2)13(19)17-10-5-6-11(15-3)12(7-10)16-8-18;1-6(2)7(10)11-4-3-8-5-9/h5-9,15H,4H2,1-3H3,(H,16,18)(H,17,19);5H,1,3-4H2,2H3,(H,8,9). The minimum Gasteiger partial charge on any atom is -0.465 e. The van der Waals surface area contributed by atoms with E-state index in [1.165, 1.54) is 6.92 Å². The average Bonchev–Trinajstić information content (AvgIpc) is 2.77. The third kappa shape index (κ3) is 10.8. The van der Waals surface area contributed by atoms with E-state index in [4.69, 9.17) is 4.74 Å². The normalized spacial score (nSPS) is 10.2. The van der Waals surface area contributed by atoms with Gasteiger partial charge >= 0.3 is 11.9 Å². The number of hydrogen-bond acceptors (Lipinski definition) is 8. The van der Waals surface area contributed by atoms with Crippen LogP contribution in [0.4, 0.5) is 17.1 Å². The molecule has 1 atom stereocenters. The zero-order chi connectivity index (χ0) is 24.5. The van der Waals surface area contributed by atoms with Crippen molar-refractivity contribution in [3.63, 3.8) is 0 Å². The fraction of sp³-hybridized carbons (Fsp3) is 0.381. The molecule has 0 aliphatic rings. The van der Waals surface area contributed by atoms with Gasteiger partial charge in [0.25, 0.3) is 0 Å². The number of ether oxygens (including phenoxy) is 2. The fourth-order valence-electron chi connectivity index (χ4n) is 2.03. The summed E-state index contributed by atoms with van der Waals surface area (Å²) in [6.07, 6.45) is 1.09. The average molecular weight is 450 g/mol. The minimum absolute atomic E-state index is 0.185. The van der Waals surface area contributed by atoms with Gasteiger partial charge in [-0.3, -0.25) is 19.2 Å². The van der Waals surface area contributed by atoms with Crippen LogP contribution in [0.15, 0.2) is 30.4 Å². The molecule has 0 bridgehead atoms. The number of esters is 2. The molecule has 0 radical (unpaired) electrons. The van der Waals surface area contributed by atoms with Crippen LogP contribution in [0, 0.1) is 5.92 Å². The predicted molar refractivity (Wildman–Crippen MR) is 120 cm³/mol. The summed E-state index contributed by atoms with van der Waals surface area (Å²) in [5.41, 5.74) is 2.06. The Morgan fingerprint density at radius 3 is 2.34 bits per heavy atom. The molecule has 1 rings (SSSR count). The van der Waals surface area contributed by atoms with Crippen molar-refractivity contribution < 1.29 is 33.4 Å². The number of nitrogens with one attached hydrogen (secondary N) is 4. The first-order valence-electron chi connectivity index (χ1n) is 9.70. The summed E-state index contributed by atoms with van der Waals surface area (Å²) in [5, 5.41) is 10.4. The first-order valence-corrected chi connectivity index (χ1v) is 9.70. The van der Waals surface area contributed by atoms with E-state index < -0.39 is 23.8 Å². The van der Waals surface area contributed by atoms with Crippen molar-refractivity contribution in [3.8, 4) is 0 Å². The molecule has 0 aromatic heterocycles. The maximum atomic E-state index is 11.9. The monoisotopic (exact) mass is 450 g/mol. The first kappa shape index (κ1) is 28.1. The van der Waals surface area contributed by atoms with Crippen molar-refractivity contribution in [1.29, 1.82) is 0 Å². The highest BCUT2D eigenvalue weighted by Crippen LogP contribution is 2.25. The summed E-state index contributed by atoms with van der Waals surface area (Å²) < 4.78 is 9.44. The topological polar surface area (TPSA) is 152 Å². The van der Waals surface area contributed by atoms with E-state index >= 15 is 0 Å². The van der Waals surface area contributed by atoms with Gasteiger partial charge in [0, 0.05) is 18.3 Å². The van der Waals surface area contributed by atoms with Crippen molar-refractivity contribution in [2.75, 3.05) is 42.8 Å². The smallest absolute Gasteiger partial charge is 0.333 e. The van der Waals surface area contributed by atoms with Crippen molar-refractivity contribution in [2.45, 2.75) is 20.8 Å². The van der Waals surface area contributed by atoms with E-state index in [0.29, 0.717) is 42.0 Å². The Labute approximate surface area is 186 Å². The highest BCUT2D eigenvalue weighted by atomic mass is 16.5. The SMILES string of the molecule is C=C(C)C(=O)OCCNC=O.CCOC(=O)C(C)C(=O)Nc1ccc(NC)c(NC=O)c1. The molecule has 0 aliphatic carbocycles. The molecule has 11 nitrogen and oxygen atoms in total. The lowest BCUT2D eigenvalue weighted by Crippen LogP contribution is -2.28. The van der Waals surface area contributed by atoms with E-state index in [-0.39, 0.29) is 13.2 Å². The molecule has 32 heavy (non-hydrogen) atoms. The van der Waals surface area contributed by atoms with Gasteiger partial charge in [0.15, 0.2) is 0 Å². The molecule has 0 spiro atoms. The number of hydrogen-bond donors (Lipinski definition) is 4. The van der Waals surface area contributed by atoms with Gasteiger partial charge in [-0.25, -0.2) is 4.79 Å². The van der Waals surface area contributed by atoms with Gasteiger partial charge in [0.2, 0.25) is 18.7 Å². The fourth-order valence-corrected chi connectivity index (χ4v) is 2.03. The van der Waals surface area contributed by atoms with Crippen molar-refractivity contribution in [3.05, 3.63) is 30.4 Å². The summed E-state index contributed by atoms with van der Waals surface area (Å²) in [7, 11) is 1.71. The minimum atomic E-state index is -0.906. The van der Waals surface area contributed by atoms with E-state index in [9.17, 15) is 24.0 Å². The Morgan fingerprint density at radius 1 is 1.12 bits per heavy atom. The number of amides is 3. The molecular formula is C21H30N4O7. The maximum Gasteiger partial charge on any atom is 0.333 e. The van der Waals surface area contributed by atoms with Gasteiger partial charge in [-0.15, -0.1) is 0 Å². The largest absolute Gasteiger partial charge is 0.465 e. The van der Waals surface area contributed by atoms with Crippen LogP contribution in [-0.4, -0.2) is 57.5 Å². The second-order valence-electron chi connectivity index (χ2n) is 6.22. The summed E-state index contributed by atoms with van der Waals surface area (Å²) in [6, 6.07) is 4.96. The molecule has 1 unspecified atom stereocenters. The molecule has 1 aromatic rings. The van der Waals surface area contributed by atoms with E-state index in [1.807, 2.05) is 0 Å². The molecule has 0 aliphatic heterocycles. The predicted octanol–water partition coefficient (Wildman–Crippen LogP) is 1.29. The number of carbonyl (C=O) groups is 5. The first-order chi connectivity index (χ1) is 15.2. The zero-order valence-electron chi connectivity index (χ0n) is 18.7. The van der Waals surface area contributed by atoms with Gasteiger partial charge in [0.05, 0.1) is 24.5 Å². The second kappa shape index (κ2) is 15.9. The quantitative estimate of drug-likeness (QED) is 0.122. The lowest BCUT2D eigenvalue weighted by Gasteiger charge is -2.13. The number of benzene rings is 1. The van der Waals surface area contributed by atoms with Crippen LogP contribution in [0.2, 0.25) is 0 Å². The van der Waals surface area contributed by atoms with Crippen LogP contribution in [0.1, 0.15) is 20.8 Å². The Kier molecular flexibility index (Phi) is 14.0. The van der Waals surface area contributed by atoms with Crippen LogP contribution in [-0.2, 0) is 33.4 Å². The van der Waals surface area contributed by atoms with Crippen LogP contribution in [0.5, 0.6) is 0 Å². The van der Waals surface area contributed by atoms with E-state index in [0.717, 1.165) is 0 Å². The molecule has 0 heterocycles. The molecule has 0 fully saturated rings. The molecule has 0 saturated heterocycles. The molecule has 11 heteroatoms. The lowest BCUT2D eigenvalue weighted by molar-refractivity contribution is -0.150. The van der Waals surface area contributed by atoms with Crippen LogP contribution in [0.3, 0.4) is 0 Å². The maximum absolute atomic E-state index is 11.9. The van der Waals surface area contributed by atoms with Crippen LogP contribution >= 0.6 is 0 Å². The molecular weight excluding hydrogens is 420 g/mol. The van der Waals surface area contributed by atoms with Gasteiger partial charge in [-0.1, -0.05) is 6.58 Å². The highest BCUT2D eigenvalue weighted by Gasteiger charge is 2.22. The molecule has 3 amide bonds. The Bertz CT molecular complexity index is 811. The Hall–Kier alpha value is -3.89. The Balaban J connectivity index is 0.000000739. The second-order valence-corrected chi connectivity index (χ2v) is 6.22. The van der Waals surface area contributed by atoms with Gasteiger partial charge in [0.1, 0.15) is 12.5 Å². The van der Waals surface area contributed by atoms with Crippen molar-refractivity contribution in [2.24, 2.45) is 5.92 Å². The molecule has 176 valence electrons.